The van der Waals surface area contributed by atoms with Gasteiger partial charge in [0.15, 0.2) is 0 Å². The van der Waals surface area contributed by atoms with Crippen molar-refractivity contribution in [3.05, 3.63) is 22.2 Å². The van der Waals surface area contributed by atoms with E-state index in [0.717, 1.165) is 0 Å². The Morgan fingerprint density at radius 1 is 1.42 bits per heavy atom. The van der Waals surface area contributed by atoms with Crippen LogP contribution in [-0.2, 0) is 10.0 Å². The Balaban J connectivity index is 2.95. The van der Waals surface area contributed by atoms with Gasteiger partial charge in [-0.1, -0.05) is 30.1 Å². The topological polar surface area (TPSA) is 92.4 Å². The van der Waals surface area contributed by atoms with Crippen LogP contribution < -0.4 is 10.5 Å². The van der Waals surface area contributed by atoms with E-state index in [0.29, 0.717) is 6.42 Å². The molecule has 4 N–H and O–H groups in total. The van der Waals surface area contributed by atoms with Gasteiger partial charge >= 0.3 is 0 Å². The molecule has 1 unspecified atom stereocenters. The Hall–Kier alpha value is -0.530. The van der Waals surface area contributed by atoms with E-state index in [1.54, 1.807) is 0 Å². The molecule has 0 aliphatic rings. The first-order valence-corrected chi connectivity index (χ1v) is 7.87. The molecule has 0 radical (unpaired) electrons. The van der Waals surface area contributed by atoms with Gasteiger partial charge in [-0.15, -0.1) is 0 Å². The van der Waals surface area contributed by atoms with E-state index < -0.39 is 10.0 Å². The summed E-state index contributed by atoms with van der Waals surface area (Å²) in [4.78, 5) is -0.172. The minimum absolute atomic E-state index is 0.000175. The molecule has 108 valence electrons. The molecule has 0 bridgehead atoms. The number of sulfonamides is 1. The van der Waals surface area contributed by atoms with Crippen molar-refractivity contribution in [2.24, 2.45) is 5.92 Å². The summed E-state index contributed by atoms with van der Waals surface area (Å²) in [5, 5.41) is 9.02. The normalized spacial score (nSPS) is 13.5. The molecule has 1 aromatic rings. The number of anilines is 1. The summed E-state index contributed by atoms with van der Waals surface area (Å²) < 4.78 is 26.6. The van der Waals surface area contributed by atoms with Gasteiger partial charge in [0.05, 0.1) is 10.7 Å². The van der Waals surface area contributed by atoms with Crippen molar-refractivity contribution in [3.8, 4) is 0 Å². The molecule has 0 amide bonds. The highest BCUT2D eigenvalue weighted by atomic mass is 35.5. The molecule has 0 spiro atoms. The average Bonchev–Trinajstić information content (AvgIpc) is 2.25. The second-order valence-electron chi connectivity index (χ2n) is 4.28. The van der Waals surface area contributed by atoms with Crippen LogP contribution >= 0.6 is 23.2 Å². The number of hydrogen-bond donors (Lipinski definition) is 3. The lowest BCUT2D eigenvalue weighted by molar-refractivity contribution is 0.263. The Morgan fingerprint density at radius 3 is 2.58 bits per heavy atom. The molecule has 0 aliphatic heterocycles. The fourth-order valence-corrected chi connectivity index (χ4v) is 3.66. The molecule has 1 atom stereocenters. The molecule has 0 aromatic heterocycles. The maximum Gasteiger partial charge on any atom is 0.244 e. The lowest BCUT2D eigenvalue weighted by Crippen LogP contribution is -2.29. The molecule has 0 fully saturated rings. The van der Waals surface area contributed by atoms with Crippen molar-refractivity contribution in [2.45, 2.75) is 18.2 Å². The SMILES string of the molecule is CC(CCO)CNS(=O)(=O)c1c(N)cc(Cl)cc1Cl. The van der Waals surface area contributed by atoms with Crippen molar-refractivity contribution in [2.75, 3.05) is 18.9 Å². The largest absolute Gasteiger partial charge is 0.398 e. The third kappa shape index (κ3) is 4.50. The van der Waals surface area contributed by atoms with Gasteiger partial charge in [-0.25, -0.2) is 13.1 Å². The quantitative estimate of drug-likeness (QED) is 0.696. The van der Waals surface area contributed by atoms with E-state index in [-0.39, 0.29) is 39.7 Å². The molecular formula is C11H16Cl2N2O3S. The van der Waals surface area contributed by atoms with Crippen LogP contribution in [-0.4, -0.2) is 26.7 Å². The van der Waals surface area contributed by atoms with Crippen molar-refractivity contribution in [1.82, 2.24) is 4.72 Å². The van der Waals surface area contributed by atoms with E-state index >= 15 is 0 Å². The minimum Gasteiger partial charge on any atom is -0.398 e. The number of benzene rings is 1. The van der Waals surface area contributed by atoms with Gasteiger partial charge in [0.25, 0.3) is 0 Å². The van der Waals surface area contributed by atoms with Crippen LogP contribution in [0.3, 0.4) is 0 Å². The average molecular weight is 327 g/mol. The third-order valence-corrected chi connectivity index (χ3v) is 4.72. The van der Waals surface area contributed by atoms with E-state index in [9.17, 15) is 8.42 Å². The van der Waals surface area contributed by atoms with Gasteiger partial charge in [0.1, 0.15) is 4.90 Å². The standard InChI is InChI=1S/C11H16Cl2N2O3S/c1-7(2-3-16)6-15-19(17,18)11-9(13)4-8(12)5-10(11)14/h4-5,7,15-16H,2-3,6,14H2,1H3. The summed E-state index contributed by atoms with van der Waals surface area (Å²) in [6.45, 7) is 2.03. The van der Waals surface area contributed by atoms with Crippen LogP contribution in [0.2, 0.25) is 10.0 Å². The molecule has 1 rings (SSSR count). The van der Waals surface area contributed by atoms with Crippen molar-refractivity contribution in [3.63, 3.8) is 0 Å². The number of rotatable bonds is 6. The Bertz CT molecular complexity index is 526. The van der Waals surface area contributed by atoms with Crippen molar-refractivity contribution < 1.29 is 13.5 Å². The molecule has 5 nitrogen and oxygen atoms in total. The highest BCUT2D eigenvalue weighted by Crippen LogP contribution is 2.30. The summed E-state index contributed by atoms with van der Waals surface area (Å²) >= 11 is 11.6. The van der Waals surface area contributed by atoms with Crippen LogP contribution in [0, 0.1) is 5.92 Å². The molecule has 0 aliphatic carbocycles. The van der Waals surface area contributed by atoms with Gasteiger partial charge in [0.2, 0.25) is 10.0 Å². The van der Waals surface area contributed by atoms with Gasteiger partial charge in [-0.2, -0.15) is 0 Å². The molecule has 0 heterocycles. The van der Waals surface area contributed by atoms with Gasteiger partial charge < -0.3 is 10.8 Å². The number of nitrogen functional groups attached to an aromatic ring is 1. The lowest BCUT2D eigenvalue weighted by atomic mass is 10.1. The number of nitrogens with one attached hydrogen (secondary N) is 1. The van der Waals surface area contributed by atoms with Gasteiger partial charge in [0, 0.05) is 18.2 Å². The monoisotopic (exact) mass is 326 g/mol. The third-order valence-electron chi connectivity index (χ3n) is 2.55. The van der Waals surface area contributed by atoms with Crippen molar-refractivity contribution in [1.29, 1.82) is 0 Å². The van der Waals surface area contributed by atoms with Crippen LogP contribution in [0.5, 0.6) is 0 Å². The number of nitrogens with two attached hydrogens (primary N) is 1. The first kappa shape index (κ1) is 16.5. The fourth-order valence-electron chi connectivity index (χ4n) is 1.51. The lowest BCUT2D eigenvalue weighted by Gasteiger charge is -2.14. The smallest absolute Gasteiger partial charge is 0.244 e. The fraction of sp³-hybridized carbons (Fsp3) is 0.455. The highest BCUT2D eigenvalue weighted by Gasteiger charge is 2.22. The second-order valence-corrected chi connectivity index (χ2v) is 6.82. The second kappa shape index (κ2) is 6.76. The molecule has 1 aromatic carbocycles. The summed E-state index contributed by atoms with van der Waals surface area (Å²) in [5.41, 5.74) is 5.65. The molecular weight excluding hydrogens is 311 g/mol. The van der Waals surface area contributed by atoms with E-state index in [2.05, 4.69) is 4.72 Å². The zero-order chi connectivity index (χ0) is 14.6. The number of aliphatic hydroxyl groups excluding tert-OH is 1. The molecule has 0 saturated carbocycles. The summed E-state index contributed by atoms with van der Waals surface area (Å²) in [5.74, 6) is 0.00655. The van der Waals surface area contributed by atoms with Crippen LogP contribution in [0.15, 0.2) is 17.0 Å². The van der Waals surface area contributed by atoms with E-state index in [4.69, 9.17) is 34.0 Å². The molecule has 0 saturated heterocycles. The Morgan fingerprint density at radius 2 is 2.05 bits per heavy atom. The number of halogens is 2. The first-order chi connectivity index (χ1) is 8.77. The van der Waals surface area contributed by atoms with Gasteiger partial charge in [-0.05, 0) is 24.5 Å². The zero-order valence-electron chi connectivity index (χ0n) is 10.4. The summed E-state index contributed by atoms with van der Waals surface area (Å²) in [6, 6.07) is 2.66. The van der Waals surface area contributed by atoms with Crippen LogP contribution in [0.25, 0.3) is 0 Å². The Labute approximate surface area is 122 Å². The zero-order valence-corrected chi connectivity index (χ0v) is 12.7. The minimum atomic E-state index is -3.80. The summed E-state index contributed by atoms with van der Waals surface area (Å²) in [6.07, 6.45) is 0.506. The maximum atomic E-state index is 12.1. The van der Waals surface area contributed by atoms with Gasteiger partial charge in [-0.3, -0.25) is 0 Å². The van der Waals surface area contributed by atoms with Crippen LogP contribution in [0.4, 0.5) is 5.69 Å². The highest BCUT2D eigenvalue weighted by molar-refractivity contribution is 7.89. The molecule has 19 heavy (non-hydrogen) atoms. The van der Waals surface area contributed by atoms with Crippen molar-refractivity contribution >= 4 is 38.9 Å². The predicted octanol–water partition coefficient (Wildman–Crippen LogP) is 1.87. The van der Waals surface area contributed by atoms with E-state index in [1.807, 2.05) is 6.92 Å². The predicted molar refractivity (Wildman–Crippen MR) is 76.9 cm³/mol. The molecule has 8 heteroatoms. The van der Waals surface area contributed by atoms with Crippen LogP contribution in [0.1, 0.15) is 13.3 Å². The number of hydrogen-bond acceptors (Lipinski definition) is 4. The Kier molecular flexibility index (Phi) is 5.88. The van der Waals surface area contributed by atoms with E-state index in [1.165, 1.54) is 12.1 Å². The summed E-state index contributed by atoms with van der Waals surface area (Å²) in [7, 11) is -3.80. The first-order valence-electron chi connectivity index (χ1n) is 5.63. The number of aliphatic hydroxyl groups is 1. The maximum absolute atomic E-state index is 12.1.